The summed E-state index contributed by atoms with van der Waals surface area (Å²) in [4.78, 5) is 3.66. The van der Waals surface area contributed by atoms with Crippen LogP contribution in [0.15, 0.2) is 34.3 Å². The maximum absolute atomic E-state index is 5.86. The van der Waals surface area contributed by atoms with E-state index in [1.165, 1.54) is 10.4 Å². The van der Waals surface area contributed by atoms with E-state index in [4.69, 9.17) is 5.73 Å². The molecule has 0 amide bonds. The highest BCUT2D eigenvalue weighted by molar-refractivity contribution is 7.10. The maximum atomic E-state index is 5.86. The summed E-state index contributed by atoms with van der Waals surface area (Å²) in [6.45, 7) is 1.63. The van der Waals surface area contributed by atoms with E-state index < -0.39 is 0 Å². The van der Waals surface area contributed by atoms with E-state index in [1.54, 1.807) is 22.7 Å². The summed E-state index contributed by atoms with van der Waals surface area (Å²) in [5.41, 5.74) is 7.22. The predicted octanol–water partition coefficient (Wildman–Crippen LogP) is 2.94. The monoisotopic (exact) mass is 252 g/mol. The molecule has 2 heterocycles. The van der Waals surface area contributed by atoms with Gasteiger partial charge in [0.05, 0.1) is 6.04 Å². The van der Waals surface area contributed by atoms with Gasteiger partial charge < -0.3 is 5.73 Å². The van der Waals surface area contributed by atoms with Crippen LogP contribution >= 0.6 is 22.7 Å². The molecule has 0 spiro atoms. The Kier molecular flexibility index (Phi) is 4.12. The van der Waals surface area contributed by atoms with Crippen molar-refractivity contribution in [1.29, 1.82) is 0 Å². The van der Waals surface area contributed by atoms with Gasteiger partial charge >= 0.3 is 0 Å². The minimum atomic E-state index is 0.333. The van der Waals surface area contributed by atoms with E-state index in [0.29, 0.717) is 12.6 Å². The van der Waals surface area contributed by atoms with Crippen molar-refractivity contribution < 1.29 is 0 Å². The number of nitrogens with two attached hydrogens (primary N) is 1. The highest BCUT2D eigenvalue weighted by atomic mass is 32.1. The van der Waals surface area contributed by atoms with Gasteiger partial charge in [-0.15, -0.1) is 11.3 Å². The molecule has 0 saturated carbocycles. The van der Waals surface area contributed by atoms with Gasteiger partial charge in [0.25, 0.3) is 0 Å². The first kappa shape index (κ1) is 11.8. The highest BCUT2D eigenvalue weighted by Crippen LogP contribution is 2.24. The molecule has 86 valence electrons. The zero-order valence-corrected chi connectivity index (χ0v) is 10.9. The summed E-state index contributed by atoms with van der Waals surface area (Å²) >= 11 is 3.52. The molecule has 0 aliphatic heterocycles. The van der Waals surface area contributed by atoms with Crippen molar-refractivity contribution >= 4 is 22.7 Å². The lowest BCUT2D eigenvalue weighted by Gasteiger charge is -2.25. The van der Waals surface area contributed by atoms with Crippen LogP contribution in [0.2, 0.25) is 0 Å². The Hall–Kier alpha value is -0.680. The van der Waals surface area contributed by atoms with Gasteiger partial charge in [-0.25, -0.2) is 0 Å². The van der Waals surface area contributed by atoms with E-state index in [2.05, 4.69) is 46.3 Å². The Morgan fingerprint density at radius 3 is 2.81 bits per heavy atom. The molecule has 0 fully saturated rings. The summed E-state index contributed by atoms with van der Waals surface area (Å²) in [6, 6.07) is 6.75. The van der Waals surface area contributed by atoms with E-state index in [1.807, 2.05) is 0 Å². The van der Waals surface area contributed by atoms with Gasteiger partial charge in [-0.1, -0.05) is 6.07 Å². The van der Waals surface area contributed by atoms with Gasteiger partial charge in [-0.2, -0.15) is 11.3 Å². The van der Waals surface area contributed by atoms with E-state index in [-0.39, 0.29) is 0 Å². The van der Waals surface area contributed by atoms with Crippen molar-refractivity contribution in [2.45, 2.75) is 12.6 Å². The average molecular weight is 252 g/mol. The third kappa shape index (κ3) is 2.71. The van der Waals surface area contributed by atoms with Gasteiger partial charge in [0.2, 0.25) is 0 Å². The van der Waals surface area contributed by atoms with E-state index >= 15 is 0 Å². The van der Waals surface area contributed by atoms with Crippen LogP contribution in [0.4, 0.5) is 0 Å². The molecule has 0 radical (unpaired) electrons. The predicted molar refractivity (Wildman–Crippen MR) is 71.9 cm³/mol. The fourth-order valence-electron chi connectivity index (χ4n) is 1.77. The largest absolute Gasteiger partial charge is 0.329 e. The molecule has 2 N–H and O–H groups in total. The lowest BCUT2D eigenvalue weighted by Crippen LogP contribution is -2.29. The Balaban J connectivity index is 2.04. The summed E-state index contributed by atoms with van der Waals surface area (Å²) < 4.78 is 0. The zero-order chi connectivity index (χ0) is 11.4. The van der Waals surface area contributed by atoms with Crippen molar-refractivity contribution in [2.75, 3.05) is 13.6 Å². The van der Waals surface area contributed by atoms with Gasteiger partial charge in [-0.05, 0) is 40.9 Å². The third-order valence-electron chi connectivity index (χ3n) is 2.64. The quantitative estimate of drug-likeness (QED) is 0.886. The van der Waals surface area contributed by atoms with Crippen molar-refractivity contribution in [3.05, 3.63) is 44.8 Å². The third-order valence-corrected chi connectivity index (χ3v) is 4.34. The van der Waals surface area contributed by atoms with Crippen LogP contribution < -0.4 is 5.73 Å². The number of thiophene rings is 2. The van der Waals surface area contributed by atoms with Gasteiger partial charge in [0.1, 0.15) is 0 Å². The van der Waals surface area contributed by atoms with Crippen molar-refractivity contribution in [1.82, 2.24) is 4.90 Å². The van der Waals surface area contributed by atoms with Crippen molar-refractivity contribution in [3.63, 3.8) is 0 Å². The Morgan fingerprint density at radius 2 is 2.25 bits per heavy atom. The van der Waals surface area contributed by atoms with Crippen molar-refractivity contribution in [3.8, 4) is 0 Å². The molecule has 2 rings (SSSR count). The smallest absolute Gasteiger partial charge is 0.0564 e. The molecule has 1 atom stereocenters. The Morgan fingerprint density at radius 1 is 1.38 bits per heavy atom. The zero-order valence-electron chi connectivity index (χ0n) is 9.30. The molecular formula is C12H16N2S2. The first-order valence-electron chi connectivity index (χ1n) is 5.26. The molecule has 4 heteroatoms. The van der Waals surface area contributed by atoms with Crippen LogP contribution in [0.25, 0.3) is 0 Å². The molecule has 16 heavy (non-hydrogen) atoms. The van der Waals surface area contributed by atoms with E-state index in [0.717, 1.165) is 6.54 Å². The van der Waals surface area contributed by atoms with Crippen LogP contribution in [0.5, 0.6) is 0 Å². The number of hydrogen-bond donors (Lipinski definition) is 1. The number of nitrogens with zero attached hydrogens (tertiary/aromatic N) is 1. The van der Waals surface area contributed by atoms with Gasteiger partial charge in [0.15, 0.2) is 0 Å². The molecule has 0 aliphatic rings. The summed E-state index contributed by atoms with van der Waals surface area (Å²) in [5, 5.41) is 6.42. The number of hydrogen-bond acceptors (Lipinski definition) is 4. The Labute approximate surface area is 104 Å². The lowest BCUT2D eigenvalue weighted by molar-refractivity contribution is 0.245. The standard InChI is InChI=1S/C12H16N2S2/c1-14(8-10-4-6-15-9-10)11(7-13)12-3-2-5-16-12/h2-6,9,11H,7-8,13H2,1H3. The molecule has 2 aromatic heterocycles. The SMILES string of the molecule is CN(Cc1ccsc1)C(CN)c1cccs1. The second-order valence-corrected chi connectivity index (χ2v) is 5.57. The molecule has 1 unspecified atom stereocenters. The highest BCUT2D eigenvalue weighted by Gasteiger charge is 2.16. The first-order valence-corrected chi connectivity index (χ1v) is 7.08. The number of likely N-dealkylation sites (N-methyl/N-ethyl adjacent to an activating group) is 1. The normalized spacial score (nSPS) is 13.2. The molecule has 0 aromatic carbocycles. The Bertz CT molecular complexity index is 395. The molecule has 0 saturated heterocycles. The van der Waals surface area contributed by atoms with Crippen LogP contribution in [0.1, 0.15) is 16.5 Å². The second kappa shape index (κ2) is 5.59. The molecular weight excluding hydrogens is 236 g/mol. The molecule has 0 aliphatic carbocycles. The first-order chi connectivity index (χ1) is 7.81. The number of rotatable bonds is 5. The molecule has 0 bridgehead atoms. The summed E-state index contributed by atoms with van der Waals surface area (Å²) in [5.74, 6) is 0. The molecule has 2 nitrogen and oxygen atoms in total. The van der Waals surface area contributed by atoms with Crippen LogP contribution in [0.3, 0.4) is 0 Å². The second-order valence-electron chi connectivity index (χ2n) is 3.81. The lowest BCUT2D eigenvalue weighted by atomic mass is 10.2. The fourth-order valence-corrected chi connectivity index (χ4v) is 3.34. The van der Waals surface area contributed by atoms with Crippen LogP contribution in [-0.2, 0) is 6.54 Å². The minimum Gasteiger partial charge on any atom is -0.329 e. The van der Waals surface area contributed by atoms with E-state index in [9.17, 15) is 0 Å². The van der Waals surface area contributed by atoms with Gasteiger partial charge in [-0.3, -0.25) is 4.90 Å². The maximum Gasteiger partial charge on any atom is 0.0564 e. The van der Waals surface area contributed by atoms with Gasteiger partial charge in [0, 0.05) is 18.0 Å². The van der Waals surface area contributed by atoms with Crippen molar-refractivity contribution in [2.24, 2.45) is 5.73 Å². The van der Waals surface area contributed by atoms with Crippen LogP contribution in [-0.4, -0.2) is 18.5 Å². The summed E-state index contributed by atoms with van der Waals surface area (Å²) in [7, 11) is 2.13. The molecule has 2 aromatic rings. The topological polar surface area (TPSA) is 29.3 Å². The average Bonchev–Trinajstić information content (AvgIpc) is 2.91. The van der Waals surface area contributed by atoms with Crippen LogP contribution in [0, 0.1) is 0 Å². The summed E-state index contributed by atoms with van der Waals surface area (Å²) in [6.07, 6.45) is 0. The minimum absolute atomic E-state index is 0.333. The fraction of sp³-hybridized carbons (Fsp3) is 0.333.